The smallest absolute Gasteiger partial charge is 0.168 e. The number of rotatable bonds is 5. The highest BCUT2D eigenvalue weighted by Gasteiger charge is 2.19. The molecule has 0 aliphatic carbocycles. The van der Waals surface area contributed by atoms with Crippen LogP contribution in [0.1, 0.15) is 30.5 Å². The van der Waals surface area contributed by atoms with Crippen LogP contribution in [0.15, 0.2) is 61.1 Å². The summed E-state index contributed by atoms with van der Waals surface area (Å²) in [7, 11) is 0. The van der Waals surface area contributed by atoms with E-state index in [9.17, 15) is 0 Å². The van der Waals surface area contributed by atoms with E-state index in [0.29, 0.717) is 6.04 Å². The van der Waals surface area contributed by atoms with E-state index in [2.05, 4.69) is 90.1 Å². The Morgan fingerprint density at radius 3 is 2.54 bits per heavy atom. The molecule has 28 heavy (non-hydrogen) atoms. The van der Waals surface area contributed by atoms with E-state index in [1.807, 2.05) is 16.9 Å². The van der Waals surface area contributed by atoms with E-state index in [4.69, 9.17) is 0 Å². The largest absolute Gasteiger partial charge is 0.349 e. The molecule has 142 valence electrons. The summed E-state index contributed by atoms with van der Waals surface area (Å²) >= 11 is 0. The van der Waals surface area contributed by atoms with Crippen molar-refractivity contribution < 1.29 is 0 Å². The maximum absolute atomic E-state index is 4.66. The number of aryl methyl sites for hydroxylation is 2. The highest BCUT2D eigenvalue weighted by molar-refractivity contribution is 5.88. The normalized spacial score (nSPS) is 11.3. The molecule has 0 fully saturated rings. The molecule has 0 saturated heterocycles. The number of fused-ring (bicyclic) bond motifs is 1. The Morgan fingerprint density at radius 1 is 1.00 bits per heavy atom. The molecule has 0 aliphatic heterocycles. The van der Waals surface area contributed by atoms with Gasteiger partial charge in [0.25, 0.3) is 0 Å². The van der Waals surface area contributed by atoms with Crippen molar-refractivity contribution in [1.29, 1.82) is 0 Å². The molecule has 5 nitrogen and oxygen atoms in total. The highest BCUT2D eigenvalue weighted by atomic mass is 15.3. The molecule has 0 amide bonds. The fourth-order valence-electron chi connectivity index (χ4n) is 3.47. The molecule has 0 spiro atoms. The summed E-state index contributed by atoms with van der Waals surface area (Å²) in [5.74, 6) is 0.917. The van der Waals surface area contributed by atoms with Crippen LogP contribution in [0, 0.1) is 13.8 Å². The van der Waals surface area contributed by atoms with E-state index in [0.717, 1.165) is 29.1 Å². The van der Waals surface area contributed by atoms with Gasteiger partial charge in [-0.05, 0) is 50.5 Å². The summed E-state index contributed by atoms with van der Waals surface area (Å²) in [6.07, 6.45) is 3.52. The molecular weight excluding hydrogens is 346 g/mol. The summed E-state index contributed by atoms with van der Waals surface area (Å²) in [6.45, 7) is 9.35. The lowest BCUT2D eigenvalue weighted by molar-refractivity contribution is 0.674. The van der Waals surface area contributed by atoms with Crippen LogP contribution in [0.2, 0.25) is 0 Å². The third kappa shape index (κ3) is 3.36. The van der Waals surface area contributed by atoms with Gasteiger partial charge in [0, 0.05) is 12.6 Å². The quantitative estimate of drug-likeness (QED) is 0.503. The van der Waals surface area contributed by atoms with Crippen LogP contribution in [-0.2, 0) is 6.54 Å². The fraction of sp³-hybridized carbons (Fsp3) is 0.261. The van der Waals surface area contributed by atoms with Gasteiger partial charge in [0.2, 0.25) is 0 Å². The second-order valence-corrected chi connectivity index (χ2v) is 7.49. The standard InChI is InChI=1S/C23H25N5/c1-16(2)27(14-19-8-6-5-7-9-19)22-20-13-26-28(23(20)25-15-24-22)21-12-17(3)10-11-18(21)4/h5-13,15-16H,14H2,1-4H3. The molecule has 0 bridgehead atoms. The SMILES string of the molecule is Cc1ccc(C)c(-n2ncc3c(N(Cc4ccccc4)C(C)C)ncnc32)c1. The van der Waals surface area contributed by atoms with Gasteiger partial charge in [-0.25, -0.2) is 14.6 Å². The molecular formula is C23H25N5. The van der Waals surface area contributed by atoms with Crippen molar-refractivity contribution >= 4 is 16.9 Å². The summed E-state index contributed by atoms with van der Waals surface area (Å²) in [6, 6.07) is 17.2. The first-order valence-corrected chi connectivity index (χ1v) is 9.61. The van der Waals surface area contributed by atoms with Gasteiger partial charge < -0.3 is 4.90 Å². The lowest BCUT2D eigenvalue weighted by Crippen LogP contribution is -2.31. The van der Waals surface area contributed by atoms with Crippen LogP contribution >= 0.6 is 0 Å². The van der Waals surface area contributed by atoms with Gasteiger partial charge in [0.1, 0.15) is 12.1 Å². The van der Waals surface area contributed by atoms with Gasteiger partial charge in [-0.3, -0.25) is 0 Å². The van der Waals surface area contributed by atoms with Crippen LogP contribution in [0.5, 0.6) is 0 Å². The maximum atomic E-state index is 4.66. The summed E-state index contributed by atoms with van der Waals surface area (Å²) in [4.78, 5) is 11.5. The number of aromatic nitrogens is 4. The predicted octanol–water partition coefficient (Wildman–Crippen LogP) is 4.85. The zero-order valence-corrected chi connectivity index (χ0v) is 16.8. The molecule has 0 aliphatic rings. The van der Waals surface area contributed by atoms with Crippen molar-refractivity contribution in [1.82, 2.24) is 19.7 Å². The van der Waals surface area contributed by atoms with E-state index >= 15 is 0 Å². The van der Waals surface area contributed by atoms with E-state index < -0.39 is 0 Å². The van der Waals surface area contributed by atoms with Crippen molar-refractivity contribution in [2.45, 2.75) is 40.3 Å². The Bertz CT molecular complexity index is 1100. The Morgan fingerprint density at radius 2 is 1.79 bits per heavy atom. The van der Waals surface area contributed by atoms with E-state index in [1.54, 1.807) is 6.33 Å². The molecule has 0 radical (unpaired) electrons. The maximum Gasteiger partial charge on any atom is 0.168 e. The third-order valence-corrected chi connectivity index (χ3v) is 5.03. The van der Waals surface area contributed by atoms with Crippen molar-refractivity contribution in [3.63, 3.8) is 0 Å². The summed E-state index contributed by atoms with van der Waals surface area (Å²) < 4.78 is 1.92. The Hall–Kier alpha value is -3.21. The van der Waals surface area contributed by atoms with Gasteiger partial charge in [0.05, 0.1) is 17.3 Å². The van der Waals surface area contributed by atoms with Crippen molar-refractivity contribution in [2.24, 2.45) is 0 Å². The molecule has 4 rings (SSSR count). The van der Waals surface area contributed by atoms with Crippen molar-refractivity contribution in [2.75, 3.05) is 4.90 Å². The molecule has 4 aromatic rings. The number of hydrogen-bond donors (Lipinski definition) is 0. The summed E-state index contributed by atoms with van der Waals surface area (Å²) in [5, 5.41) is 5.63. The number of nitrogens with zero attached hydrogens (tertiary/aromatic N) is 5. The third-order valence-electron chi connectivity index (χ3n) is 5.03. The van der Waals surface area contributed by atoms with Crippen LogP contribution in [0.25, 0.3) is 16.7 Å². The van der Waals surface area contributed by atoms with Crippen LogP contribution in [-0.4, -0.2) is 25.8 Å². The molecule has 0 unspecified atom stereocenters. The molecule has 2 aromatic carbocycles. The second-order valence-electron chi connectivity index (χ2n) is 7.49. The number of hydrogen-bond acceptors (Lipinski definition) is 4. The molecule has 2 heterocycles. The zero-order valence-electron chi connectivity index (χ0n) is 16.8. The average Bonchev–Trinajstić information content (AvgIpc) is 3.13. The van der Waals surface area contributed by atoms with Gasteiger partial charge >= 0.3 is 0 Å². The molecule has 0 saturated carbocycles. The average molecular weight is 371 g/mol. The predicted molar refractivity (Wildman–Crippen MR) is 114 cm³/mol. The number of benzene rings is 2. The van der Waals surface area contributed by atoms with Crippen LogP contribution in [0.4, 0.5) is 5.82 Å². The Balaban J connectivity index is 1.82. The van der Waals surface area contributed by atoms with E-state index in [-0.39, 0.29) is 0 Å². The van der Waals surface area contributed by atoms with Gasteiger partial charge in [-0.1, -0.05) is 42.5 Å². The molecule has 5 heteroatoms. The lowest BCUT2D eigenvalue weighted by atomic mass is 10.1. The lowest BCUT2D eigenvalue weighted by Gasteiger charge is -2.28. The van der Waals surface area contributed by atoms with E-state index in [1.165, 1.54) is 16.7 Å². The zero-order chi connectivity index (χ0) is 19.7. The monoisotopic (exact) mass is 371 g/mol. The fourth-order valence-corrected chi connectivity index (χ4v) is 3.47. The summed E-state index contributed by atoms with van der Waals surface area (Å²) in [5.41, 5.74) is 5.51. The topological polar surface area (TPSA) is 46.8 Å². The van der Waals surface area contributed by atoms with Crippen LogP contribution in [0.3, 0.4) is 0 Å². The minimum Gasteiger partial charge on any atom is -0.349 e. The second kappa shape index (κ2) is 7.43. The van der Waals surface area contributed by atoms with Gasteiger partial charge in [0.15, 0.2) is 5.65 Å². The van der Waals surface area contributed by atoms with Crippen molar-refractivity contribution in [3.8, 4) is 5.69 Å². The first kappa shape index (κ1) is 18.2. The van der Waals surface area contributed by atoms with Gasteiger partial charge in [-0.15, -0.1) is 0 Å². The minimum absolute atomic E-state index is 0.294. The van der Waals surface area contributed by atoms with Gasteiger partial charge in [-0.2, -0.15) is 5.10 Å². The molecule has 2 aromatic heterocycles. The minimum atomic E-state index is 0.294. The molecule has 0 N–H and O–H groups in total. The highest BCUT2D eigenvalue weighted by Crippen LogP contribution is 2.28. The molecule has 0 atom stereocenters. The Kier molecular flexibility index (Phi) is 4.82. The van der Waals surface area contributed by atoms with Crippen LogP contribution < -0.4 is 4.90 Å². The number of anilines is 1. The first-order chi connectivity index (χ1) is 13.5. The first-order valence-electron chi connectivity index (χ1n) is 9.61. The Labute approximate surface area is 165 Å². The van der Waals surface area contributed by atoms with Crippen molar-refractivity contribution in [3.05, 3.63) is 77.7 Å².